The van der Waals surface area contributed by atoms with Gasteiger partial charge in [-0.1, -0.05) is 0 Å². The van der Waals surface area contributed by atoms with Crippen molar-refractivity contribution in [3.63, 3.8) is 0 Å². The van der Waals surface area contributed by atoms with E-state index in [1.54, 1.807) is 11.6 Å². The zero-order valence-corrected chi connectivity index (χ0v) is 10.8. The van der Waals surface area contributed by atoms with Crippen molar-refractivity contribution in [2.75, 3.05) is 11.9 Å². The van der Waals surface area contributed by atoms with E-state index in [4.69, 9.17) is 5.73 Å². The highest BCUT2D eigenvalue weighted by atomic mass is 32.1. The Hall–Kier alpha value is -1.79. The van der Waals surface area contributed by atoms with Crippen LogP contribution in [0.2, 0.25) is 0 Å². The third kappa shape index (κ3) is 3.12. The number of amides is 1. The zero-order valence-electron chi connectivity index (χ0n) is 10.0. The number of nitrogens with zero attached hydrogens (tertiary/aromatic N) is 2. The fourth-order valence-electron chi connectivity index (χ4n) is 1.39. The predicted octanol–water partition coefficient (Wildman–Crippen LogP) is 1.60. The first-order chi connectivity index (χ1) is 8.69. The van der Waals surface area contributed by atoms with E-state index in [2.05, 4.69) is 15.3 Å². The number of nitrogens with two attached hydrogens (primary N) is 1. The van der Waals surface area contributed by atoms with Crippen LogP contribution in [-0.2, 0) is 6.42 Å². The van der Waals surface area contributed by atoms with Crippen molar-refractivity contribution in [3.8, 4) is 0 Å². The summed E-state index contributed by atoms with van der Waals surface area (Å²) in [5.74, 6) is -0.222. The average molecular weight is 262 g/mol. The quantitative estimate of drug-likeness (QED) is 0.877. The average Bonchev–Trinajstić information content (AvgIpc) is 2.81. The molecule has 0 aliphatic carbocycles. The van der Waals surface area contributed by atoms with Crippen molar-refractivity contribution in [2.24, 2.45) is 5.73 Å². The normalized spacial score (nSPS) is 10.3. The molecule has 6 heteroatoms. The van der Waals surface area contributed by atoms with Crippen molar-refractivity contribution in [3.05, 3.63) is 40.1 Å². The SMILES string of the molecule is Cc1ccc(NC(=O)c2csc(CCN)n2)cn1. The maximum atomic E-state index is 11.9. The Morgan fingerprint density at radius 2 is 2.33 bits per heavy atom. The number of carbonyl (C=O) groups excluding carboxylic acids is 1. The van der Waals surface area contributed by atoms with Gasteiger partial charge in [0.05, 0.1) is 16.9 Å². The molecule has 0 saturated carbocycles. The van der Waals surface area contributed by atoms with Crippen LogP contribution in [-0.4, -0.2) is 22.4 Å². The number of carbonyl (C=O) groups is 1. The van der Waals surface area contributed by atoms with Gasteiger partial charge in [-0.2, -0.15) is 0 Å². The first-order valence-electron chi connectivity index (χ1n) is 5.57. The van der Waals surface area contributed by atoms with Gasteiger partial charge in [-0.3, -0.25) is 9.78 Å². The lowest BCUT2D eigenvalue weighted by atomic mass is 10.3. The second-order valence-corrected chi connectivity index (χ2v) is 4.75. The second-order valence-electron chi connectivity index (χ2n) is 3.81. The van der Waals surface area contributed by atoms with E-state index in [1.165, 1.54) is 11.3 Å². The molecule has 0 unspecified atom stereocenters. The van der Waals surface area contributed by atoms with E-state index >= 15 is 0 Å². The van der Waals surface area contributed by atoms with Crippen LogP contribution in [0.1, 0.15) is 21.2 Å². The number of thiazole rings is 1. The minimum absolute atomic E-state index is 0.222. The Labute approximate surface area is 109 Å². The third-order valence-electron chi connectivity index (χ3n) is 2.31. The van der Waals surface area contributed by atoms with Crippen molar-refractivity contribution in [1.29, 1.82) is 0 Å². The molecule has 0 fully saturated rings. The molecule has 0 bridgehead atoms. The van der Waals surface area contributed by atoms with Gasteiger partial charge in [-0.15, -0.1) is 11.3 Å². The van der Waals surface area contributed by atoms with Crippen molar-refractivity contribution >= 4 is 22.9 Å². The summed E-state index contributed by atoms with van der Waals surface area (Å²) in [6, 6.07) is 3.66. The number of nitrogens with one attached hydrogen (secondary N) is 1. The molecule has 94 valence electrons. The largest absolute Gasteiger partial charge is 0.330 e. The van der Waals surface area contributed by atoms with E-state index in [9.17, 15) is 4.79 Å². The Morgan fingerprint density at radius 1 is 1.50 bits per heavy atom. The maximum absolute atomic E-state index is 11.9. The highest BCUT2D eigenvalue weighted by Gasteiger charge is 2.10. The standard InChI is InChI=1S/C12H14N4OS/c1-8-2-3-9(6-14-8)15-12(17)10-7-18-11(16-10)4-5-13/h2-3,6-7H,4-5,13H2,1H3,(H,15,17). The number of aromatic nitrogens is 2. The fraction of sp³-hybridized carbons (Fsp3) is 0.250. The molecule has 2 aromatic heterocycles. The molecule has 1 amide bonds. The lowest BCUT2D eigenvalue weighted by Gasteiger charge is -2.02. The Morgan fingerprint density at radius 3 is 3.00 bits per heavy atom. The lowest BCUT2D eigenvalue weighted by molar-refractivity contribution is 0.102. The van der Waals surface area contributed by atoms with Gasteiger partial charge in [0.15, 0.2) is 0 Å². The lowest BCUT2D eigenvalue weighted by Crippen LogP contribution is -2.13. The molecule has 0 spiro atoms. The number of hydrogen-bond acceptors (Lipinski definition) is 5. The summed E-state index contributed by atoms with van der Waals surface area (Å²) in [7, 11) is 0. The molecule has 5 nitrogen and oxygen atoms in total. The van der Waals surface area contributed by atoms with Crippen LogP contribution in [0.3, 0.4) is 0 Å². The van der Waals surface area contributed by atoms with Crippen LogP contribution in [0.4, 0.5) is 5.69 Å². The molecular formula is C12H14N4OS. The smallest absolute Gasteiger partial charge is 0.275 e. The molecule has 0 saturated heterocycles. The van der Waals surface area contributed by atoms with E-state index in [0.717, 1.165) is 10.7 Å². The van der Waals surface area contributed by atoms with Crippen LogP contribution < -0.4 is 11.1 Å². The number of anilines is 1. The van der Waals surface area contributed by atoms with Gasteiger partial charge in [-0.05, 0) is 25.6 Å². The minimum Gasteiger partial charge on any atom is -0.330 e. The van der Waals surface area contributed by atoms with E-state index < -0.39 is 0 Å². The Balaban J connectivity index is 2.04. The Kier molecular flexibility index (Phi) is 4.01. The molecule has 3 N–H and O–H groups in total. The molecular weight excluding hydrogens is 248 g/mol. The van der Waals surface area contributed by atoms with Crippen LogP contribution in [0, 0.1) is 6.92 Å². The Bertz CT molecular complexity index is 535. The molecule has 2 heterocycles. The summed E-state index contributed by atoms with van der Waals surface area (Å²) in [5, 5.41) is 5.37. The van der Waals surface area contributed by atoms with Crippen LogP contribution in [0.5, 0.6) is 0 Å². The van der Waals surface area contributed by atoms with Crippen molar-refractivity contribution in [2.45, 2.75) is 13.3 Å². The molecule has 2 rings (SSSR count). The third-order valence-corrected chi connectivity index (χ3v) is 3.22. The first kappa shape index (κ1) is 12.7. The van der Waals surface area contributed by atoms with Crippen molar-refractivity contribution < 1.29 is 4.79 Å². The van der Waals surface area contributed by atoms with Gasteiger partial charge in [0.2, 0.25) is 0 Å². The highest BCUT2D eigenvalue weighted by molar-refractivity contribution is 7.09. The first-order valence-corrected chi connectivity index (χ1v) is 6.45. The number of hydrogen-bond donors (Lipinski definition) is 2. The maximum Gasteiger partial charge on any atom is 0.275 e. The summed E-state index contributed by atoms with van der Waals surface area (Å²) in [6.07, 6.45) is 2.32. The van der Waals surface area contributed by atoms with Gasteiger partial charge in [0.1, 0.15) is 5.69 Å². The highest BCUT2D eigenvalue weighted by Crippen LogP contribution is 2.12. The summed E-state index contributed by atoms with van der Waals surface area (Å²) < 4.78 is 0. The molecule has 0 aromatic carbocycles. The van der Waals surface area contributed by atoms with Crippen LogP contribution >= 0.6 is 11.3 Å². The summed E-state index contributed by atoms with van der Waals surface area (Å²) >= 11 is 1.45. The van der Waals surface area contributed by atoms with Crippen LogP contribution in [0.15, 0.2) is 23.7 Å². The van der Waals surface area contributed by atoms with Gasteiger partial charge in [0, 0.05) is 17.5 Å². The topological polar surface area (TPSA) is 80.9 Å². The molecule has 0 atom stereocenters. The van der Waals surface area contributed by atoms with Crippen LogP contribution in [0.25, 0.3) is 0 Å². The van der Waals surface area contributed by atoms with Gasteiger partial charge >= 0.3 is 0 Å². The summed E-state index contributed by atoms with van der Waals surface area (Å²) in [6.45, 7) is 2.43. The molecule has 0 radical (unpaired) electrons. The van der Waals surface area contributed by atoms with Gasteiger partial charge in [0.25, 0.3) is 5.91 Å². The summed E-state index contributed by atoms with van der Waals surface area (Å²) in [5.41, 5.74) is 7.44. The van der Waals surface area contributed by atoms with E-state index in [1.807, 2.05) is 19.1 Å². The summed E-state index contributed by atoms with van der Waals surface area (Å²) in [4.78, 5) is 20.2. The number of rotatable bonds is 4. The monoisotopic (exact) mass is 262 g/mol. The molecule has 0 aliphatic heterocycles. The molecule has 0 aliphatic rings. The number of aryl methyl sites for hydroxylation is 1. The number of pyridine rings is 1. The van der Waals surface area contributed by atoms with Gasteiger partial charge < -0.3 is 11.1 Å². The molecule has 2 aromatic rings. The zero-order chi connectivity index (χ0) is 13.0. The minimum atomic E-state index is -0.222. The second kappa shape index (κ2) is 5.70. The molecule has 18 heavy (non-hydrogen) atoms. The predicted molar refractivity (Wildman–Crippen MR) is 71.8 cm³/mol. The van der Waals surface area contributed by atoms with Crippen molar-refractivity contribution in [1.82, 2.24) is 9.97 Å². The fourth-order valence-corrected chi connectivity index (χ4v) is 2.18. The van der Waals surface area contributed by atoms with Gasteiger partial charge in [-0.25, -0.2) is 4.98 Å². The van der Waals surface area contributed by atoms with E-state index in [0.29, 0.717) is 24.3 Å². The van der Waals surface area contributed by atoms with E-state index in [-0.39, 0.29) is 5.91 Å².